The first-order valence-corrected chi connectivity index (χ1v) is 9.13. The van der Waals surface area contributed by atoms with Gasteiger partial charge >= 0.3 is 0 Å². The molecule has 0 aromatic heterocycles. The Balaban J connectivity index is 1.87. The predicted octanol–water partition coefficient (Wildman–Crippen LogP) is 2.84. The van der Waals surface area contributed by atoms with Gasteiger partial charge in [0.1, 0.15) is 0 Å². The van der Waals surface area contributed by atoms with E-state index in [0.717, 1.165) is 5.92 Å². The molecule has 1 N–H and O–H groups in total. The Hall–Kier alpha value is -0.340. The molecule has 0 radical (unpaired) electrons. The standard InChI is InChI=1S/C19H33NO/c1-19(2,13-20(3)4)18-16-11-6-5-9-14(16)15-10-7-8-12-17(15)21-18/h9,15-18H,5-8,10-13H2,1-4H3/p+1/t15-,16-,17+,18+/m1/s1. The van der Waals surface area contributed by atoms with E-state index in [2.05, 4.69) is 34.0 Å². The number of fused-ring (bicyclic) bond motifs is 3. The quantitative estimate of drug-likeness (QED) is 0.790. The van der Waals surface area contributed by atoms with Crippen LogP contribution >= 0.6 is 0 Å². The van der Waals surface area contributed by atoms with Crippen LogP contribution in [-0.4, -0.2) is 32.8 Å². The smallest absolute Gasteiger partial charge is 0.0843 e. The molecule has 4 atom stereocenters. The van der Waals surface area contributed by atoms with Gasteiger partial charge in [0, 0.05) is 17.3 Å². The summed E-state index contributed by atoms with van der Waals surface area (Å²) < 4.78 is 6.77. The highest BCUT2D eigenvalue weighted by Crippen LogP contribution is 2.49. The first-order valence-electron chi connectivity index (χ1n) is 9.13. The molecule has 21 heavy (non-hydrogen) atoms. The van der Waals surface area contributed by atoms with E-state index < -0.39 is 0 Å². The van der Waals surface area contributed by atoms with E-state index in [1.165, 1.54) is 56.4 Å². The Bertz CT molecular complexity index is 398. The van der Waals surface area contributed by atoms with Gasteiger partial charge in [-0.2, -0.15) is 0 Å². The molecular formula is C19H34NO+. The Labute approximate surface area is 130 Å². The maximum absolute atomic E-state index is 6.77. The lowest BCUT2D eigenvalue weighted by Gasteiger charge is -2.52. The molecule has 3 rings (SSSR count). The SMILES string of the molecule is C[NH+](C)CC(C)(C)[C@H]1O[C@H]2CCCC[C@@H]2C2=CCCC[C@H]21. The lowest BCUT2D eigenvalue weighted by atomic mass is 9.64. The van der Waals surface area contributed by atoms with Crippen molar-refractivity contribution in [2.45, 2.75) is 71.0 Å². The third-order valence-electron chi connectivity index (χ3n) is 5.92. The molecule has 0 aromatic rings. The average Bonchev–Trinajstić information content (AvgIpc) is 2.45. The summed E-state index contributed by atoms with van der Waals surface area (Å²) in [7, 11) is 4.54. The number of hydrogen-bond donors (Lipinski definition) is 1. The number of quaternary nitrogens is 1. The molecule has 1 saturated carbocycles. The Morgan fingerprint density at radius 2 is 1.81 bits per heavy atom. The van der Waals surface area contributed by atoms with Gasteiger partial charge in [-0.1, -0.05) is 38.3 Å². The van der Waals surface area contributed by atoms with E-state index in [-0.39, 0.29) is 5.41 Å². The second-order valence-electron chi connectivity index (χ2n) is 8.60. The summed E-state index contributed by atoms with van der Waals surface area (Å²) in [6.07, 6.45) is 13.0. The molecular weight excluding hydrogens is 258 g/mol. The first-order chi connectivity index (χ1) is 9.99. The van der Waals surface area contributed by atoms with Crippen LogP contribution in [0.15, 0.2) is 11.6 Å². The van der Waals surface area contributed by atoms with E-state index in [4.69, 9.17) is 4.74 Å². The summed E-state index contributed by atoms with van der Waals surface area (Å²) in [6, 6.07) is 0. The van der Waals surface area contributed by atoms with Crippen molar-refractivity contribution in [1.29, 1.82) is 0 Å². The van der Waals surface area contributed by atoms with Crippen LogP contribution in [0, 0.1) is 17.3 Å². The van der Waals surface area contributed by atoms with Crippen molar-refractivity contribution >= 4 is 0 Å². The van der Waals surface area contributed by atoms with Crippen LogP contribution in [0.2, 0.25) is 0 Å². The lowest BCUT2D eigenvalue weighted by molar-refractivity contribution is -0.866. The highest BCUT2D eigenvalue weighted by molar-refractivity contribution is 5.21. The van der Waals surface area contributed by atoms with Crippen molar-refractivity contribution in [1.82, 2.24) is 0 Å². The topological polar surface area (TPSA) is 13.7 Å². The molecule has 3 aliphatic rings. The van der Waals surface area contributed by atoms with Gasteiger partial charge in [0.05, 0.1) is 32.8 Å². The number of allylic oxidation sites excluding steroid dienone is 1. The van der Waals surface area contributed by atoms with Gasteiger partial charge in [-0.15, -0.1) is 0 Å². The van der Waals surface area contributed by atoms with Crippen molar-refractivity contribution < 1.29 is 9.64 Å². The van der Waals surface area contributed by atoms with Crippen LogP contribution in [0.25, 0.3) is 0 Å². The molecule has 0 amide bonds. The molecule has 0 unspecified atom stereocenters. The molecule has 1 heterocycles. The largest absolute Gasteiger partial charge is 0.373 e. The molecule has 2 heteroatoms. The van der Waals surface area contributed by atoms with Gasteiger partial charge in [-0.3, -0.25) is 0 Å². The zero-order chi connectivity index (χ0) is 15.0. The number of rotatable bonds is 3. The van der Waals surface area contributed by atoms with E-state index >= 15 is 0 Å². The molecule has 2 aliphatic carbocycles. The molecule has 120 valence electrons. The summed E-state index contributed by atoms with van der Waals surface area (Å²) in [5.74, 6) is 1.45. The monoisotopic (exact) mass is 292 g/mol. The first kappa shape index (κ1) is 15.6. The minimum absolute atomic E-state index is 0.266. The fraction of sp³-hybridized carbons (Fsp3) is 0.895. The number of nitrogens with one attached hydrogen (secondary N) is 1. The number of ether oxygens (including phenoxy) is 1. The van der Waals surface area contributed by atoms with E-state index in [9.17, 15) is 0 Å². The predicted molar refractivity (Wildman–Crippen MR) is 87.5 cm³/mol. The molecule has 1 saturated heterocycles. The fourth-order valence-electron chi connectivity index (χ4n) is 5.34. The van der Waals surface area contributed by atoms with Crippen LogP contribution in [-0.2, 0) is 4.74 Å². The summed E-state index contributed by atoms with van der Waals surface area (Å²) in [4.78, 5) is 1.54. The van der Waals surface area contributed by atoms with Gasteiger partial charge in [0.25, 0.3) is 0 Å². The zero-order valence-electron chi connectivity index (χ0n) is 14.5. The van der Waals surface area contributed by atoms with Crippen LogP contribution in [0.5, 0.6) is 0 Å². The van der Waals surface area contributed by atoms with Crippen molar-refractivity contribution in [3.05, 3.63) is 11.6 Å². The normalized spacial score (nSPS) is 36.9. The second-order valence-corrected chi connectivity index (χ2v) is 8.60. The Morgan fingerprint density at radius 3 is 2.57 bits per heavy atom. The molecule has 1 aliphatic heterocycles. The van der Waals surface area contributed by atoms with Crippen molar-refractivity contribution in [2.75, 3.05) is 20.6 Å². The molecule has 0 bridgehead atoms. The van der Waals surface area contributed by atoms with E-state index in [1.54, 1.807) is 5.57 Å². The second kappa shape index (κ2) is 6.04. The summed E-state index contributed by atoms with van der Waals surface area (Å²) in [5, 5.41) is 0. The maximum atomic E-state index is 6.77. The third kappa shape index (κ3) is 3.07. The van der Waals surface area contributed by atoms with Crippen LogP contribution < -0.4 is 4.90 Å². The zero-order valence-corrected chi connectivity index (χ0v) is 14.5. The number of hydrogen-bond acceptors (Lipinski definition) is 1. The summed E-state index contributed by atoms with van der Waals surface area (Å²) in [5.41, 5.74) is 2.06. The van der Waals surface area contributed by atoms with Crippen molar-refractivity contribution in [3.8, 4) is 0 Å². The summed E-state index contributed by atoms with van der Waals surface area (Å²) in [6.45, 7) is 6.05. The van der Waals surface area contributed by atoms with Gasteiger partial charge in [-0.05, 0) is 32.1 Å². The van der Waals surface area contributed by atoms with Crippen LogP contribution in [0.4, 0.5) is 0 Å². The molecule has 0 spiro atoms. The molecule has 2 nitrogen and oxygen atoms in total. The van der Waals surface area contributed by atoms with E-state index in [1.807, 2.05) is 0 Å². The van der Waals surface area contributed by atoms with Gasteiger partial charge < -0.3 is 9.64 Å². The molecule has 0 aromatic carbocycles. The Kier molecular flexibility index (Phi) is 4.47. The maximum Gasteiger partial charge on any atom is 0.0843 e. The highest BCUT2D eigenvalue weighted by atomic mass is 16.5. The van der Waals surface area contributed by atoms with Gasteiger partial charge in [-0.25, -0.2) is 0 Å². The van der Waals surface area contributed by atoms with Gasteiger partial charge in [0.2, 0.25) is 0 Å². The molecule has 2 fully saturated rings. The van der Waals surface area contributed by atoms with Crippen molar-refractivity contribution in [3.63, 3.8) is 0 Å². The van der Waals surface area contributed by atoms with Crippen LogP contribution in [0.3, 0.4) is 0 Å². The van der Waals surface area contributed by atoms with Crippen LogP contribution in [0.1, 0.15) is 58.8 Å². The van der Waals surface area contributed by atoms with Crippen molar-refractivity contribution in [2.24, 2.45) is 17.3 Å². The third-order valence-corrected chi connectivity index (χ3v) is 5.92. The average molecular weight is 292 g/mol. The Morgan fingerprint density at radius 1 is 1.10 bits per heavy atom. The minimum Gasteiger partial charge on any atom is -0.373 e. The van der Waals surface area contributed by atoms with E-state index in [0.29, 0.717) is 18.1 Å². The minimum atomic E-state index is 0.266. The lowest BCUT2D eigenvalue weighted by Crippen LogP contribution is -3.07. The highest BCUT2D eigenvalue weighted by Gasteiger charge is 2.49. The fourth-order valence-corrected chi connectivity index (χ4v) is 5.34. The summed E-state index contributed by atoms with van der Waals surface area (Å²) >= 11 is 0. The van der Waals surface area contributed by atoms with Gasteiger partial charge in [0.15, 0.2) is 0 Å².